The topological polar surface area (TPSA) is 49.9 Å². The van der Waals surface area contributed by atoms with Gasteiger partial charge in [-0.3, -0.25) is 9.59 Å². The largest absolute Gasteiger partial charge is 0.491 e. The van der Waals surface area contributed by atoms with E-state index in [4.69, 9.17) is 4.74 Å². The number of carbonyl (C=O) groups excluding carboxylic acids is 2. The van der Waals surface area contributed by atoms with Gasteiger partial charge in [-0.1, -0.05) is 54.6 Å². The Morgan fingerprint density at radius 2 is 1.58 bits per heavy atom. The first kappa shape index (κ1) is 25.4. The number of fused-ring (bicyclic) bond motifs is 1. The van der Waals surface area contributed by atoms with Crippen molar-refractivity contribution in [2.75, 3.05) is 26.7 Å². The van der Waals surface area contributed by atoms with Crippen LogP contribution in [0.15, 0.2) is 78.9 Å². The highest BCUT2D eigenvalue weighted by Crippen LogP contribution is 2.23. The lowest BCUT2D eigenvalue weighted by atomic mass is 10.0. The highest BCUT2D eigenvalue weighted by atomic mass is 19.1. The van der Waals surface area contributed by atoms with Crippen molar-refractivity contribution >= 4 is 11.8 Å². The van der Waals surface area contributed by atoms with Gasteiger partial charge in [-0.25, -0.2) is 4.39 Å². The molecule has 0 fully saturated rings. The summed E-state index contributed by atoms with van der Waals surface area (Å²) in [6.45, 7) is 1.50. The number of ether oxygens (including phenoxy) is 1. The number of carbonyl (C=O) groups is 2. The fraction of sp³-hybridized carbons (Fsp3) is 0.333. The molecule has 3 aromatic carbocycles. The summed E-state index contributed by atoms with van der Waals surface area (Å²) in [6, 6.07) is 23.2. The van der Waals surface area contributed by atoms with Crippen LogP contribution in [0.5, 0.6) is 5.75 Å². The van der Waals surface area contributed by atoms with Gasteiger partial charge in [0.1, 0.15) is 18.2 Å². The van der Waals surface area contributed by atoms with E-state index in [-0.39, 0.29) is 36.7 Å². The van der Waals surface area contributed by atoms with E-state index in [1.54, 1.807) is 23.1 Å². The van der Waals surface area contributed by atoms with E-state index >= 15 is 0 Å². The lowest BCUT2D eigenvalue weighted by molar-refractivity contribution is -0.133. The van der Waals surface area contributed by atoms with E-state index in [1.165, 1.54) is 12.1 Å². The molecule has 188 valence electrons. The maximum absolute atomic E-state index is 13.6. The lowest BCUT2D eigenvalue weighted by Crippen LogP contribution is -2.46. The normalized spacial score (nSPS) is 17.3. The molecule has 6 heteroatoms. The number of halogens is 1. The standard InChI is InChI=1S/C30H33FN2O3/c1-32-18-8-3-9-19-33(29(34)21-24-14-16-25(31)17-15-24)26(20-23-10-4-2-5-11-23)22-36-28-13-7-6-12-27(28)30(32)35/h2,4-7,10-17,26H,3,8-9,18-22H2,1H3/t26-/m0/s1. The SMILES string of the molecule is CN1CCCCCN(C(=O)Cc2ccc(F)cc2)[C@@H](Cc2ccccc2)COc2ccccc2C1=O. The third-order valence-electron chi connectivity index (χ3n) is 6.63. The van der Waals surface area contributed by atoms with Crippen molar-refractivity contribution in [3.8, 4) is 5.75 Å². The van der Waals surface area contributed by atoms with E-state index in [1.807, 2.05) is 48.3 Å². The predicted octanol–water partition coefficient (Wildman–Crippen LogP) is 5.14. The summed E-state index contributed by atoms with van der Waals surface area (Å²) in [5, 5.41) is 0. The molecule has 4 rings (SSSR count). The van der Waals surface area contributed by atoms with Gasteiger partial charge in [0.25, 0.3) is 5.91 Å². The lowest BCUT2D eigenvalue weighted by Gasteiger charge is -2.32. The first-order valence-electron chi connectivity index (χ1n) is 12.6. The zero-order valence-corrected chi connectivity index (χ0v) is 20.7. The van der Waals surface area contributed by atoms with Crippen molar-refractivity contribution < 1.29 is 18.7 Å². The number of nitrogens with zero attached hydrogens (tertiary/aromatic N) is 2. The number of rotatable bonds is 4. The molecular weight excluding hydrogens is 455 g/mol. The Bertz CT molecular complexity index is 1150. The fourth-order valence-corrected chi connectivity index (χ4v) is 4.60. The Kier molecular flexibility index (Phi) is 8.71. The summed E-state index contributed by atoms with van der Waals surface area (Å²) >= 11 is 0. The average Bonchev–Trinajstić information content (AvgIpc) is 2.90. The Balaban J connectivity index is 1.64. The summed E-state index contributed by atoms with van der Waals surface area (Å²) in [4.78, 5) is 30.3. The molecule has 0 aliphatic carbocycles. The third-order valence-corrected chi connectivity index (χ3v) is 6.63. The minimum absolute atomic E-state index is 0.0116. The van der Waals surface area contributed by atoms with Crippen molar-refractivity contribution in [1.82, 2.24) is 9.80 Å². The second-order valence-corrected chi connectivity index (χ2v) is 9.33. The number of hydrogen-bond acceptors (Lipinski definition) is 3. The molecule has 0 aromatic heterocycles. The van der Waals surface area contributed by atoms with E-state index in [2.05, 4.69) is 12.1 Å². The third kappa shape index (κ3) is 6.72. The summed E-state index contributed by atoms with van der Waals surface area (Å²) in [6.07, 6.45) is 3.41. The molecule has 36 heavy (non-hydrogen) atoms. The van der Waals surface area contributed by atoms with E-state index < -0.39 is 0 Å². The van der Waals surface area contributed by atoms with Gasteiger partial charge in [0.15, 0.2) is 0 Å². The van der Waals surface area contributed by atoms with Crippen LogP contribution in [0.3, 0.4) is 0 Å². The minimum atomic E-state index is -0.317. The second kappa shape index (κ2) is 12.3. The highest BCUT2D eigenvalue weighted by molar-refractivity contribution is 5.96. The van der Waals surface area contributed by atoms with Gasteiger partial charge in [-0.05, 0) is 61.1 Å². The van der Waals surface area contributed by atoms with Crippen LogP contribution in [0, 0.1) is 5.82 Å². The maximum atomic E-state index is 13.6. The summed E-state index contributed by atoms with van der Waals surface area (Å²) in [5.41, 5.74) is 2.42. The van der Waals surface area contributed by atoms with E-state index in [9.17, 15) is 14.0 Å². The highest BCUT2D eigenvalue weighted by Gasteiger charge is 2.26. The first-order chi connectivity index (χ1) is 17.5. The van der Waals surface area contributed by atoms with E-state index in [0.29, 0.717) is 30.8 Å². The van der Waals surface area contributed by atoms with Crippen molar-refractivity contribution in [3.63, 3.8) is 0 Å². The smallest absolute Gasteiger partial charge is 0.257 e. The molecule has 0 spiro atoms. The van der Waals surface area contributed by atoms with Gasteiger partial charge < -0.3 is 14.5 Å². The minimum Gasteiger partial charge on any atom is -0.491 e. The van der Waals surface area contributed by atoms with Crippen LogP contribution in [0.4, 0.5) is 4.39 Å². The zero-order chi connectivity index (χ0) is 25.3. The Labute approximate surface area is 212 Å². The van der Waals surface area contributed by atoms with Crippen LogP contribution in [0.2, 0.25) is 0 Å². The number of para-hydroxylation sites is 1. The average molecular weight is 489 g/mol. The maximum Gasteiger partial charge on any atom is 0.257 e. The van der Waals surface area contributed by atoms with Gasteiger partial charge >= 0.3 is 0 Å². The summed E-state index contributed by atoms with van der Waals surface area (Å²) < 4.78 is 19.7. The van der Waals surface area contributed by atoms with Gasteiger partial charge in [-0.2, -0.15) is 0 Å². The molecule has 0 bridgehead atoms. The van der Waals surface area contributed by atoms with Crippen molar-refractivity contribution in [2.24, 2.45) is 0 Å². The molecule has 3 aromatic rings. The van der Waals surface area contributed by atoms with Gasteiger partial charge in [0.2, 0.25) is 5.91 Å². The van der Waals surface area contributed by atoms with Crippen molar-refractivity contribution in [3.05, 3.63) is 101 Å². The number of benzene rings is 3. The Hall–Kier alpha value is -3.67. The second-order valence-electron chi connectivity index (χ2n) is 9.33. The van der Waals surface area contributed by atoms with Gasteiger partial charge in [0, 0.05) is 20.1 Å². The molecule has 0 saturated carbocycles. The number of hydrogen-bond donors (Lipinski definition) is 0. The quantitative estimate of drug-likeness (QED) is 0.511. The Morgan fingerprint density at radius 3 is 2.36 bits per heavy atom. The van der Waals surface area contributed by atoms with Crippen molar-refractivity contribution in [1.29, 1.82) is 0 Å². The molecule has 0 saturated heterocycles. The summed E-state index contributed by atoms with van der Waals surface area (Å²) in [5.74, 6) is 0.135. The van der Waals surface area contributed by atoms with Crippen LogP contribution in [0.1, 0.15) is 40.7 Å². The molecule has 1 heterocycles. The molecule has 1 aliphatic rings. The molecule has 0 radical (unpaired) electrons. The monoisotopic (exact) mass is 488 g/mol. The van der Waals surface area contributed by atoms with Crippen LogP contribution >= 0.6 is 0 Å². The van der Waals surface area contributed by atoms with Gasteiger partial charge in [-0.15, -0.1) is 0 Å². The first-order valence-corrected chi connectivity index (χ1v) is 12.6. The molecule has 1 atom stereocenters. The Morgan fingerprint density at radius 1 is 0.889 bits per heavy atom. The van der Waals surface area contributed by atoms with Crippen LogP contribution in [-0.2, 0) is 17.6 Å². The van der Waals surface area contributed by atoms with E-state index in [0.717, 1.165) is 30.4 Å². The molecule has 1 aliphatic heterocycles. The predicted molar refractivity (Wildman–Crippen MR) is 138 cm³/mol. The fourth-order valence-electron chi connectivity index (χ4n) is 4.60. The summed E-state index contributed by atoms with van der Waals surface area (Å²) in [7, 11) is 1.81. The van der Waals surface area contributed by atoms with Gasteiger partial charge in [0.05, 0.1) is 18.0 Å². The zero-order valence-electron chi connectivity index (χ0n) is 20.7. The molecule has 5 nitrogen and oxygen atoms in total. The molecule has 0 N–H and O–H groups in total. The van der Waals surface area contributed by atoms with Crippen LogP contribution in [0.25, 0.3) is 0 Å². The molecule has 0 unspecified atom stereocenters. The molecule has 2 amide bonds. The number of amides is 2. The van der Waals surface area contributed by atoms with Crippen LogP contribution in [-0.4, -0.2) is 54.4 Å². The van der Waals surface area contributed by atoms with Crippen LogP contribution < -0.4 is 4.74 Å². The molecular formula is C30H33FN2O3. The van der Waals surface area contributed by atoms with Crippen molar-refractivity contribution in [2.45, 2.75) is 38.1 Å².